The molecule has 0 radical (unpaired) electrons. The van der Waals surface area contributed by atoms with Crippen molar-refractivity contribution in [1.29, 1.82) is 0 Å². The van der Waals surface area contributed by atoms with Crippen LogP contribution >= 0.6 is 0 Å². The molecule has 180 valence electrons. The normalized spacial score (nSPS) is 13.4. The lowest BCUT2D eigenvalue weighted by Gasteiger charge is -2.36. The Labute approximate surface area is 204 Å². The molecule has 35 heavy (non-hydrogen) atoms. The molecule has 0 aliphatic carbocycles. The van der Waals surface area contributed by atoms with Crippen LogP contribution in [0, 0.1) is 24.0 Å². The van der Waals surface area contributed by atoms with Crippen LogP contribution in [0.4, 0.5) is 17.1 Å². The summed E-state index contributed by atoms with van der Waals surface area (Å²) in [5, 5.41) is 13.9. The molecule has 0 atom stereocenters. The third kappa shape index (κ3) is 5.84. The molecule has 1 aliphatic rings. The minimum atomic E-state index is -0.489. The van der Waals surface area contributed by atoms with Crippen molar-refractivity contribution in [2.75, 3.05) is 36.4 Å². The van der Waals surface area contributed by atoms with Gasteiger partial charge in [-0.3, -0.25) is 19.7 Å². The summed E-state index contributed by atoms with van der Waals surface area (Å²) in [5.41, 5.74) is 4.47. The van der Waals surface area contributed by atoms with Crippen LogP contribution in [-0.4, -0.2) is 47.8 Å². The zero-order valence-corrected chi connectivity index (χ0v) is 19.9. The first-order valence-corrected chi connectivity index (χ1v) is 11.5. The van der Waals surface area contributed by atoms with Gasteiger partial charge in [-0.2, -0.15) is 0 Å². The number of carbonyl (C=O) groups excluding carboxylic acids is 2. The topological polar surface area (TPSA) is 95.8 Å². The van der Waals surface area contributed by atoms with Crippen LogP contribution in [0.15, 0.2) is 66.7 Å². The fourth-order valence-electron chi connectivity index (χ4n) is 4.23. The fourth-order valence-corrected chi connectivity index (χ4v) is 4.23. The van der Waals surface area contributed by atoms with Gasteiger partial charge in [0, 0.05) is 54.7 Å². The standard InChI is InChI=1S/C27H28N4O4/c1-19-4-3-5-21(16-19)17-26(32)30-14-12-29(13-15-30)24-10-8-23(9-11-24)28-27(33)22-7-6-20(2)25(18-22)31(34)35/h3-11,16,18H,12-15,17H2,1-2H3,(H,28,33). The number of aryl methyl sites for hydroxylation is 2. The highest BCUT2D eigenvalue weighted by molar-refractivity contribution is 6.04. The zero-order chi connectivity index (χ0) is 24.9. The van der Waals surface area contributed by atoms with E-state index in [1.807, 2.05) is 54.3 Å². The molecule has 3 aromatic rings. The number of nitro benzene ring substituents is 1. The third-order valence-corrected chi connectivity index (χ3v) is 6.23. The van der Waals surface area contributed by atoms with E-state index in [-0.39, 0.29) is 17.2 Å². The predicted molar refractivity (Wildman–Crippen MR) is 136 cm³/mol. The molecule has 2 amide bonds. The number of nitro groups is 1. The highest BCUT2D eigenvalue weighted by atomic mass is 16.6. The van der Waals surface area contributed by atoms with Crippen molar-refractivity contribution in [3.63, 3.8) is 0 Å². The fraction of sp³-hybridized carbons (Fsp3) is 0.259. The van der Waals surface area contributed by atoms with Gasteiger partial charge in [-0.05, 0) is 49.7 Å². The third-order valence-electron chi connectivity index (χ3n) is 6.23. The molecule has 3 aromatic carbocycles. The van der Waals surface area contributed by atoms with Gasteiger partial charge < -0.3 is 15.1 Å². The number of piperazine rings is 1. The molecule has 1 fully saturated rings. The van der Waals surface area contributed by atoms with E-state index in [0.717, 1.165) is 29.9 Å². The predicted octanol–water partition coefficient (Wildman–Crippen LogP) is 4.36. The molecule has 4 rings (SSSR count). The van der Waals surface area contributed by atoms with Crippen molar-refractivity contribution < 1.29 is 14.5 Å². The SMILES string of the molecule is Cc1cccc(CC(=O)N2CCN(c3ccc(NC(=O)c4ccc(C)c([N+](=O)[O-])c4)cc3)CC2)c1. The Morgan fingerprint density at radius 2 is 1.66 bits per heavy atom. The van der Waals surface area contributed by atoms with E-state index in [1.165, 1.54) is 6.07 Å². The number of nitrogens with zero attached hydrogens (tertiary/aromatic N) is 3. The Morgan fingerprint density at radius 1 is 0.943 bits per heavy atom. The second-order valence-electron chi connectivity index (χ2n) is 8.79. The highest BCUT2D eigenvalue weighted by Gasteiger charge is 2.21. The maximum Gasteiger partial charge on any atom is 0.273 e. The second-order valence-corrected chi connectivity index (χ2v) is 8.79. The number of hydrogen-bond donors (Lipinski definition) is 1. The van der Waals surface area contributed by atoms with Gasteiger partial charge in [-0.1, -0.05) is 35.9 Å². The lowest BCUT2D eigenvalue weighted by molar-refractivity contribution is -0.385. The van der Waals surface area contributed by atoms with E-state index in [1.54, 1.807) is 19.1 Å². The van der Waals surface area contributed by atoms with Gasteiger partial charge in [0.25, 0.3) is 11.6 Å². The van der Waals surface area contributed by atoms with Crippen LogP contribution in [0.5, 0.6) is 0 Å². The smallest absolute Gasteiger partial charge is 0.273 e. The van der Waals surface area contributed by atoms with Crippen LogP contribution in [0.3, 0.4) is 0 Å². The first-order valence-electron chi connectivity index (χ1n) is 11.5. The second kappa shape index (κ2) is 10.4. The lowest BCUT2D eigenvalue weighted by Crippen LogP contribution is -2.49. The Balaban J connectivity index is 1.32. The van der Waals surface area contributed by atoms with E-state index >= 15 is 0 Å². The van der Waals surface area contributed by atoms with Crippen LogP contribution in [-0.2, 0) is 11.2 Å². The Kier molecular flexibility index (Phi) is 7.10. The number of anilines is 2. The summed E-state index contributed by atoms with van der Waals surface area (Å²) in [7, 11) is 0. The van der Waals surface area contributed by atoms with Gasteiger partial charge in [0.1, 0.15) is 0 Å². The highest BCUT2D eigenvalue weighted by Crippen LogP contribution is 2.22. The number of benzene rings is 3. The number of carbonyl (C=O) groups is 2. The molecule has 8 heteroatoms. The summed E-state index contributed by atoms with van der Waals surface area (Å²) < 4.78 is 0. The first-order chi connectivity index (χ1) is 16.8. The van der Waals surface area contributed by atoms with Gasteiger partial charge in [-0.25, -0.2) is 0 Å². The molecule has 0 saturated carbocycles. The van der Waals surface area contributed by atoms with Crippen molar-refractivity contribution >= 4 is 28.9 Å². The summed E-state index contributed by atoms with van der Waals surface area (Å²) in [4.78, 5) is 40.0. The van der Waals surface area contributed by atoms with Crippen molar-refractivity contribution in [1.82, 2.24) is 4.90 Å². The van der Waals surface area contributed by atoms with Crippen molar-refractivity contribution in [3.8, 4) is 0 Å². The molecule has 1 saturated heterocycles. The molecular weight excluding hydrogens is 444 g/mol. The van der Waals surface area contributed by atoms with Gasteiger partial charge >= 0.3 is 0 Å². The molecule has 1 aliphatic heterocycles. The summed E-state index contributed by atoms with van der Waals surface area (Å²) in [6.45, 7) is 6.46. The summed E-state index contributed by atoms with van der Waals surface area (Å²) >= 11 is 0. The quantitative estimate of drug-likeness (QED) is 0.425. The van der Waals surface area contributed by atoms with E-state index in [0.29, 0.717) is 30.8 Å². The van der Waals surface area contributed by atoms with Crippen LogP contribution in [0.1, 0.15) is 27.0 Å². The maximum atomic E-state index is 12.7. The van der Waals surface area contributed by atoms with Gasteiger partial charge in [0.15, 0.2) is 0 Å². The number of amides is 2. The molecule has 1 N–H and O–H groups in total. The maximum absolute atomic E-state index is 12.7. The van der Waals surface area contributed by atoms with Crippen LogP contribution in [0.2, 0.25) is 0 Å². The molecule has 0 bridgehead atoms. The Morgan fingerprint density at radius 3 is 2.31 bits per heavy atom. The number of nitrogens with one attached hydrogen (secondary N) is 1. The van der Waals surface area contributed by atoms with Crippen molar-refractivity contribution in [2.24, 2.45) is 0 Å². The van der Waals surface area contributed by atoms with E-state index < -0.39 is 10.8 Å². The Bertz CT molecular complexity index is 1250. The zero-order valence-electron chi connectivity index (χ0n) is 19.9. The molecule has 8 nitrogen and oxygen atoms in total. The summed E-state index contributed by atoms with van der Waals surface area (Å²) in [6, 6.07) is 20.0. The Hall–Kier alpha value is -4.20. The first kappa shape index (κ1) is 23.9. The monoisotopic (exact) mass is 472 g/mol. The average molecular weight is 473 g/mol. The van der Waals surface area contributed by atoms with E-state index in [2.05, 4.69) is 16.3 Å². The van der Waals surface area contributed by atoms with Gasteiger partial charge in [0.2, 0.25) is 5.91 Å². The molecule has 1 heterocycles. The van der Waals surface area contributed by atoms with Crippen molar-refractivity contribution in [2.45, 2.75) is 20.3 Å². The summed E-state index contributed by atoms with van der Waals surface area (Å²) in [6.07, 6.45) is 0.417. The van der Waals surface area contributed by atoms with E-state index in [4.69, 9.17) is 0 Å². The summed E-state index contributed by atoms with van der Waals surface area (Å²) in [5.74, 6) is -0.258. The molecular formula is C27H28N4O4. The minimum Gasteiger partial charge on any atom is -0.368 e. The molecule has 0 unspecified atom stereocenters. The lowest BCUT2D eigenvalue weighted by atomic mass is 10.1. The largest absolute Gasteiger partial charge is 0.368 e. The number of hydrogen-bond acceptors (Lipinski definition) is 5. The molecule has 0 spiro atoms. The van der Waals surface area contributed by atoms with Crippen LogP contribution < -0.4 is 10.2 Å². The van der Waals surface area contributed by atoms with Gasteiger partial charge in [0.05, 0.1) is 11.3 Å². The van der Waals surface area contributed by atoms with Crippen molar-refractivity contribution in [3.05, 3.63) is 99.1 Å². The number of rotatable bonds is 6. The van der Waals surface area contributed by atoms with E-state index in [9.17, 15) is 19.7 Å². The van der Waals surface area contributed by atoms with Crippen LogP contribution in [0.25, 0.3) is 0 Å². The minimum absolute atomic E-state index is 0.0792. The average Bonchev–Trinajstić information content (AvgIpc) is 2.84. The van der Waals surface area contributed by atoms with Gasteiger partial charge in [-0.15, -0.1) is 0 Å². The molecule has 0 aromatic heterocycles.